The van der Waals surface area contributed by atoms with Gasteiger partial charge in [0.2, 0.25) is 0 Å². The summed E-state index contributed by atoms with van der Waals surface area (Å²) in [5.74, 6) is -1.31. The quantitative estimate of drug-likeness (QED) is 0.352. The minimum absolute atomic E-state index is 0.000868. The molecule has 31 heavy (non-hydrogen) atoms. The molecule has 1 amide bonds. The van der Waals surface area contributed by atoms with Crippen LogP contribution in [0.1, 0.15) is 16.7 Å². The van der Waals surface area contributed by atoms with Gasteiger partial charge in [-0.25, -0.2) is 14.6 Å². The number of carbonyl (C=O) groups is 1. The predicted molar refractivity (Wildman–Crippen MR) is 98.1 cm³/mol. The molecule has 2 aromatic heterocycles. The van der Waals surface area contributed by atoms with E-state index in [0.717, 1.165) is 17.2 Å². The number of rotatable bonds is 4. The van der Waals surface area contributed by atoms with Crippen LogP contribution < -0.4 is 5.73 Å². The number of primary amides is 1. The van der Waals surface area contributed by atoms with Crippen molar-refractivity contribution in [2.45, 2.75) is 12.4 Å². The van der Waals surface area contributed by atoms with Crippen molar-refractivity contribution < 1.29 is 31.1 Å². The largest absolute Gasteiger partial charge is 0.416 e. The van der Waals surface area contributed by atoms with Crippen molar-refractivity contribution in [3.8, 4) is 11.4 Å². The average Bonchev–Trinajstić information content (AvgIpc) is 3.14. The second-order valence-electron chi connectivity index (χ2n) is 6.12. The van der Waals surface area contributed by atoms with Crippen molar-refractivity contribution in [3.63, 3.8) is 0 Å². The molecule has 2 heterocycles. The van der Waals surface area contributed by atoms with Gasteiger partial charge in [0.15, 0.2) is 5.82 Å². The van der Waals surface area contributed by atoms with E-state index >= 15 is 0 Å². The topological polar surface area (TPSA) is 86.7 Å². The number of alkyl halides is 6. The molecular formula is C18H10ClF6N5O. The predicted octanol–water partition coefficient (Wildman–Crippen LogP) is 4.51. The van der Waals surface area contributed by atoms with Crippen LogP contribution in [-0.2, 0) is 17.1 Å². The molecule has 0 bridgehead atoms. The molecule has 0 aliphatic carbocycles. The number of benzene rings is 1. The van der Waals surface area contributed by atoms with Gasteiger partial charge < -0.3 is 5.73 Å². The average molecular weight is 462 g/mol. The zero-order valence-corrected chi connectivity index (χ0v) is 15.8. The number of amides is 1. The molecule has 0 saturated heterocycles. The Bertz CT molecular complexity index is 1120. The van der Waals surface area contributed by atoms with Crippen molar-refractivity contribution >= 4 is 29.3 Å². The third-order valence-corrected chi connectivity index (χ3v) is 4.14. The van der Waals surface area contributed by atoms with Gasteiger partial charge in [-0.05, 0) is 30.3 Å². The first-order chi connectivity index (χ1) is 14.3. The van der Waals surface area contributed by atoms with Crippen molar-refractivity contribution in [2.75, 3.05) is 0 Å². The molecule has 162 valence electrons. The summed E-state index contributed by atoms with van der Waals surface area (Å²) in [4.78, 5) is 19.3. The third-order valence-electron chi connectivity index (χ3n) is 3.92. The molecule has 13 heteroatoms. The number of carbonyl (C=O) groups excluding carboxylic acids is 1. The van der Waals surface area contributed by atoms with Crippen LogP contribution >= 0.6 is 11.6 Å². The Hall–Kier alpha value is -3.41. The van der Waals surface area contributed by atoms with E-state index in [1.54, 1.807) is 0 Å². The van der Waals surface area contributed by atoms with Gasteiger partial charge in [0, 0.05) is 23.5 Å². The highest BCUT2D eigenvalue weighted by Gasteiger charge is 2.37. The van der Waals surface area contributed by atoms with Crippen LogP contribution in [-0.4, -0.2) is 25.7 Å². The number of aromatic nitrogens is 4. The number of nitrogens with two attached hydrogens (primary N) is 1. The zero-order valence-electron chi connectivity index (χ0n) is 15.0. The summed E-state index contributed by atoms with van der Waals surface area (Å²) in [6.45, 7) is 0. The summed E-state index contributed by atoms with van der Waals surface area (Å²) in [7, 11) is 0. The maximum absolute atomic E-state index is 13.0. The van der Waals surface area contributed by atoms with Crippen molar-refractivity contribution in [3.05, 3.63) is 64.7 Å². The van der Waals surface area contributed by atoms with E-state index in [9.17, 15) is 31.1 Å². The molecule has 0 saturated carbocycles. The molecule has 0 spiro atoms. The first-order valence-electron chi connectivity index (χ1n) is 8.19. The van der Waals surface area contributed by atoms with Crippen LogP contribution in [0.15, 0.2) is 42.9 Å². The Morgan fingerprint density at radius 2 is 1.61 bits per heavy atom. The monoisotopic (exact) mass is 461 g/mol. The molecule has 0 aliphatic rings. The van der Waals surface area contributed by atoms with Gasteiger partial charge in [-0.1, -0.05) is 11.6 Å². The Kier molecular flexibility index (Phi) is 5.77. The third kappa shape index (κ3) is 5.20. The fourth-order valence-corrected chi connectivity index (χ4v) is 2.61. The van der Waals surface area contributed by atoms with E-state index in [1.165, 1.54) is 18.3 Å². The molecular weight excluding hydrogens is 452 g/mol. The summed E-state index contributed by atoms with van der Waals surface area (Å²) in [5.41, 5.74) is 1.97. The molecule has 0 fully saturated rings. The van der Waals surface area contributed by atoms with Gasteiger partial charge in [-0.2, -0.15) is 26.3 Å². The van der Waals surface area contributed by atoms with Gasteiger partial charge >= 0.3 is 12.4 Å². The molecule has 1 aromatic carbocycles. The molecule has 2 N–H and O–H groups in total. The second-order valence-corrected chi connectivity index (χ2v) is 6.51. The number of hydrogen-bond acceptors (Lipinski definition) is 4. The maximum atomic E-state index is 13.0. The summed E-state index contributed by atoms with van der Waals surface area (Å²) in [5, 5.41) is 3.99. The second kappa shape index (κ2) is 8.02. The highest BCUT2D eigenvalue weighted by atomic mass is 35.5. The lowest BCUT2D eigenvalue weighted by Gasteiger charge is -2.13. The van der Waals surface area contributed by atoms with E-state index in [0.29, 0.717) is 12.1 Å². The van der Waals surface area contributed by atoms with Crippen LogP contribution in [0.3, 0.4) is 0 Å². The van der Waals surface area contributed by atoms with E-state index in [1.807, 2.05) is 0 Å². The van der Waals surface area contributed by atoms with Crippen LogP contribution in [0.25, 0.3) is 23.2 Å². The summed E-state index contributed by atoms with van der Waals surface area (Å²) in [6, 6.07) is 3.82. The first kappa shape index (κ1) is 22.3. The van der Waals surface area contributed by atoms with E-state index in [4.69, 9.17) is 17.3 Å². The number of halogens is 7. The minimum Gasteiger partial charge on any atom is -0.366 e. The zero-order chi connectivity index (χ0) is 23.0. The lowest BCUT2D eigenvalue weighted by atomic mass is 10.0. The lowest BCUT2D eigenvalue weighted by Crippen LogP contribution is -2.14. The smallest absolute Gasteiger partial charge is 0.366 e. The van der Waals surface area contributed by atoms with Crippen LogP contribution in [0.2, 0.25) is 5.15 Å². The normalized spacial score (nSPS) is 12.8. The van der Waals surface area contributed by atoms with Crippen LogP contribution in [0, 0.1) is 0 Å². The Morgan fingerprint density at radius 3 is 2.10 bits per heavy atom. The minimum atomic E-state index is -5.01. The number of hydrogen-bond donors (Lipinski definition) is 1. The molecule has 6 nitrogen and oxygen atoms in total. The number of pyridine rings is 1. The number of nitrogens with zero attached hydrogens (tertiary/aromatic N) is 4. The molecule has 3 rings (SSSR count). The summed E-state index contributed by atoms with van der Waals surface area (Å²) in [6.07, 6.45) is -6.69. The molecule has 0 unspecified atom stereocenters. The molecule has 0 atom stereocenters. The van der Waals surface area contributed by atoms with Gasteiger partial charge in [0.25, 0.3) is 5.91 Å². The molecule has 0 radical (unpaired) electrons. The summed E-state index contributed by atoms with van der Waals surface area (Å²) < 4.78 is 79.2. The van der Waals surface area contributed by atoms with Gasteiger partial charge in [0.05, 0.1) is 16.7 Å². The Balaban J connectivity index is 2.06. The standard InChI is InChI=1S/C18H10ClF6N5O/c19-14-2-1-9(6-27-14)13(15(26)31)7-30-8-28-16(29-30)10-3-11(17(20,21)22)5-12(4-10)18(23,24)25/h1-8H,(H2,26,31)/b13-7-. The van der Waals surface area contributed by atoms with Crippen LogP contribution in [0.5, 0.6) is 0 Å². The first-order valence-corrected chi connectivity index (χ1v) is 8.57. The van der Waals surface area contributed by atoms with Crippen molar-refractivity contribution in [2.24, 2.45) is 5.73 Å². The molecule has 0 aliphatic heterocycles. The van der Waals surface area contributed by atoms with Gasteiger partial charge in [-0.3, -0.25) is 4.79 Å². The Labute approximate surface area is 175 Å². The van der Waals surface area contributed by atoms with Gasteiger partial charge in [-0.15, -0.1) is 5.10 Å². The van der Waals surface area contributed by atoms with Crippen LogP contribution in [0.4, 0.5) is 26.3 Å². The van der Waals surface area contributed by atoms with E-state index in [2.05, 4.69) is 15.1 Å². The highest BCUT2D eigenvalue weighted by molar-refractivity contribution is 6.29. The summed E-state index contributed by atoms with van der Waals surface area (Å²) >= 11 is 5.68. The van der Waals surface area contributed by atoms with Crippen molar-refractivity contribution in [1.29, 1.82) is 0 Å². The fraction of sp³-hybridized carbons (Fsp3) is 0.111. The molecule has 3 aromatic rings. The van der Waals surface area contributed by atoms with E-state index < -0.39 is 40.8 Å². The van der Waals surface area contributed by atoms with Gasteiger partial charge in [0.1, 0.15) is 11.5 Å². The fourth-order valence-electron chi connectivity index (χ4n) is 2.50. The SMILES string of the molecule is NC(=O)/C(=C\n1cnc(-c2cc(C(F)(F)F)cc(C(F)(F)F)c2)n1)c1ccc(Cl)nc1. The highest BCUT2D eigenvalue weighted by Crippen LogP contribution is 2.38. The maximum Gasteiger partial charge on any atom is 0.416 e. The van der Waals surface area contributed by atoms with E-state index in [-0.39, 0.29) is 22.4 Å². The lowest BCUT2D eigenvalue weighted by molar-refractivity contribution is -0.143. The Morgan fingerprint density at radius 1 is 1.00 bits per heavy atom. The van der Waals surface area contributed by atoms with Crippen molar-refractivity contribution in [1.82, 2.24) is 19.7 Å².